The normalized spacial score (nSPS) is 11.0. The molecule has 0 atom stereocenters. The van der Waals surface area contributed by atoms with Crippen LogP contribution >= 0.6 is 46.3 Å². The van der Waals surface area contributed by atoms with E-state index in [0.717, 1.165) is 20.7 Å². The van der Waals surface area contributed by atoms with E-state index in [2.05, 4.69) is 0 Å². The van der Waals surface area contributed by atoms with Gasteiger partial charge in [0.25, 0.3) is 5.91 Å². The van der Waals surface area contributed by atoms with Crippen molar-refractivity contribution in [3.63, 3.8) is 0 Å². The largest absolute Gasteiger partial charge is 0.279 e. The van der Waals surface area contributed by atoms with Crippen LogP contribution in [0.5, 0.6) is 0 Å². The van der Waals surface area contributed by atoms with E-state index in [0.29, 0.717) is 27.3 Å². The zero-order valence-electron chi connectivity index (χ0n) is 15.4. The van der Waals surface area contributed by atoms with Gasteiger partial charge in [0.2, 0.25) is 0 Å². The van der Waals surface area contributed by atoms with Gasteiger partial charge >= 0.3 is 0 Å². The number of nitrogens with zero attached hydrogens (tertiary/aromatic N) is 2. The summed E-state index contributed by atoms with van der Waals surface area (Å²) >= 11 is 15.6. The van der Waals surface area contributed by atoms with Crippen molar-refractivity contribution in [3.8, 4) is 0 Å². The molecule has 0 spiro atoms. The van der Waals surface area contributed by atoms with Crippen molar-refractivity contribution in [1.29, 1.82) is 0 Å². The molecular formula is C22H16Cl2N2OS2. The third-order valence-corrected chi connectivity index (χ3v) is 6.79. The summed E-state index contributed by atoms with van der Waals surface area (Å²) < 4.78 is 1.04. The molecule has 0 aliphatic rings. The van der Waals surface area contributed by atoms with Crippen LogP contribution < -0.4 is 4.90 Å². The summed E-state index contributed by atoms with van der Waals surface area (Å²) in [4.78, 5) is 21.1. The number of benzene rings is 3. The number of hydrogen-bond acceptors (Lipinski definition) is 4. The number of para-hydroxylation sites is 1. The molecule has 3 aromatic carbocycles. The summed E-state index contributed by atoms with van der Waals surface area (Å²) in [5.41, 5.74) is 2.27. The van der Waals surface area contributed by atoms with Gasteiger partial charge in [-0.05, 0) is 42.2 Å². The molecule has 0 bridgehead atoms. The molecule has 1 heterocycles. The Labute approximate surface area is 187 Å². The number of aromatic nitrogens is 1. The lowest BCUT2D eigenvalue weighted by atomic mass is 10.1. The number of anilines is 1. The Hall–Kier alpha value is -2.05. The molecule has 146 valence electrons. The second-order valence-corrected chi connectivity index (χ2v) is 9.01. The van der Waals surface area contributed by atoms with Crippen molar-refractivity contribution in [2.45, 2.75) is 11.4 Å². The first-order chi connectivity index (χ1) is 14.1. The smallest absolute Gasteiger partial charge is 0.261 e. The molecule has 4 aromatic rings. The lowest BCUT2D eigenvalue weighted by Crippen LogP contribution is -2.30. The van der Waals surface area contributed by atoms with Crippen LogP contribution in [-0.2, 0) is 6.54 Å². The van der Waals surface area contributed by atoms with E-state index in [1.54, 1.807) is 34.9 Å². The number of halogens is 2. The van der Waals surface area contributed by atoms with Crippen LogP contribution in [0.25, 0.3) is 10.2 Å². The SMILES string of the molecule is CSc1cccc2sc(N(Cc3ccccc3)C(=O)c3cc(Cl)ccc3Cl)nc12. The first-order valence-electron chi connectivity index (χ1n) is 8.81. The topological polar surface area (TPSA) is 33.2 Å². The lowest BCUT2D eigenvalue weighted by Gasteiger charge is -2.21. The second-order valence-electron chi connectivity index (χ2n) is 6.30. The third kappa shape index (κ3) is 4.28. The summed E-state index contributed by atoms with van der Waals surface area (Å²) in [6.45, 7) is 0.386. The number of carbonyl (C=O) groups excluding carboxylic acids is 1. The fraction of sp³-hybridized carbons (Fsp3) is 0.0909. The van der Waals surface area contributed by atoms with Crippen LogP contribution in [0.1, 0.15) is 15.9 Å². The highest BCUT2D eigenvalue weighted by Crippen LogP contribution is 2.36. The maximum atomic E-state index is 13.5. The standard InChI is InChI=1S/C22H16Cl2N2OS2/c1-28-18-8-5-9-19-20(18)25-22(29-19)26(13-14-6-3-2-4-7-14)21(27)16-12-15(23)10-11-17(16)24/h2-12H,13H2,1H3. The maximum absolute atomic E-state index is 13.5. The zero-order valence-corrected chi connectivity index (χ0v) is 18.6. The molecular weight excluding hydrogens is 443 g/mol. The Morgan fingerprint density at radius 2 is 1.86 bits per heavy atom. The monoisotopic (exact) mass is 458 g/mol. The molecule has 0 aliphatic heterocycles. The van der Waals surface area contributed by atoms with E-state index in [4.69, 9.17) is 28.2 Å². The van der Waals surface area contributed by atoms with E-state index in [-0.39, 0.29) is 5.91 Å². The average molecular weight is 459 g/mol. The molecule has 0 aliphatic carbocycles. The van der Waals surface area contributed by atoms with Gasteiger partial charge in [0.15, 0.2) is 5.13 Å². The van der Waals surface area contributed by atoms with Crippen LogP contribution in [0.3, 0.4) is 0 Å². The highest BCUT2D eigenvalue weighted by molar-refractivity contribution is 7.98. The Balaban J connectivity index is 1.82. The second kappa shape index (κ2) is 8.76. The quantitative estimate of drug-likeness (QED) is 0.297. The Morgan fingerprint density at radius 1 is 1.07 bits per heavy atom. The molecule has 0 N–H and O–H groups in total. The molecule has 0 unspecified atom stereocenters. The lowest BCUT2D eigenvalue weighted by molar-refractivity contribution is 0.0985. The third-order valence-electron chi connectivity index (χ3n) is 4.41. The molecule has 0 fully saturated rings. The van der Waals surface area contributed by atoms with Crippen molar-refractivity contribution in [2.24, 2.45) is 0 Å². The fourth-order valence-electron chi connectivity index (χ4n) is 2.99. The number of rotatable bonds is 5. The highest BCUT2D eigenvalue weighted by Gasteiger charge is 2.24. The highest BCUT2D eigenvalue weighted by atomic mass is 35.5. The molecule has 4 rings (SSSR count). The maximum Gasteiger partial charge on any atom is 0.261 e. The van der Waals surface area contributed by atoms with Crippen molar-refractivity contribution in [3.05, 3.63) is 87.9 Å². The van der Waals surface area contributed by atoms with Gasteiger partial charge < -0.3 is 0 Å². The predicted octanol–water partition coefficient (Wildman–Crippen LogP) is 7.17. The van der Waals surface area contributed by atoms with Gasteiger partial charge in [0.1, 0.15) is 0 Å². The number of amides is 1. The van der Waals surface area contributed by atoms with Gasteiger partial charge in [0.05, 0.1) is 27.3 Å². The van der Waals surface area contributed by atoms with Crippen molar-refractivity contribution < 1.29 is 4.79 Å². The van der Waals surface area contributed by atoms with E-state index in [1.165, 1.54) is 11.3 Å². The summed E-state index contributed by atoms with van der Waals surface area (Å²) in [5.74, 6) is -0.230. The zero-order chi connectivity index (χ0) is 20.4. The van der Waals surface area contributed by atoms with Crippen LogP contribution in [0.15, 0.2) is 71.6 Å². The molecule has 7 heteroatoms. The van der Waals surface area contributed by atoms with Crippen molar-refractivity contribution in [1.82, 2.24) is 4.98 Å². The Morgan fingerprint density at radius 3 is 2.62 bits per heavy atom. The molecule has 0 radical (unpaired) electrons. The van der Waals surface area contributed by atoms with E-state index in [9.17, 15) is 4.79 Å². The number of thioether (sulfide) groups is 1. The summed E-state index contributed by atoms with van der Waals surface area (Å²) in [6, 6.07) is 20.8. The van der Waals surface area contributed by atoms with Crippen LogP contribution in [0, 0.1) is 0 Å². The average Bonchev–Trinajstić information content (AvgIpc) is 3.18. The summed E-state index contributed by atoms with van der Waals surface area (Å²) in [5, 5.41) is 1.46. The van der Waals surface area contributed by atoms with Gasteiger partial charge in [0, 0.05) is 9.92 Å². The molecule has 29 heavy (non-hydrogen) atoms. The molecule has 3 nitrogen and oxygen atoms in total. The summed E-state index contributed by atoms with van der Waals surface area (Å²) in [6.07, 6.45) is 2.02. The first-order valence-corrected chi connectivity index (χ1v) is 11.6. The number of fused-ring (bicyclic) bond motifs is 1. The Bertz CT molecular complexity index is 1180. The van der Waals surface area contributed by atoms with Gasteiger partial charge in [-0.15, -0.1) is 11.8 Å². The van der Waals surface area contributed by atoms with E-state index < -0.39 is 0 Å². The minimum Gasteiger partial charge on any atom is -0.279 e. The molecule has 1 amide bonds. The van der Waals surface area contributed by atoms with Crippen LogP contribution in [0.4, 0.5) is 5.13 Å². The van der Waals surface area contributed by atoms with Gasteiger partial charge in [-0.3, -0.25) is 9.69 Å². The van der Waals surface area contributed by atoms with E-state index >= 15 is 0 Å². The van der Waals surface area contributed by atoms with E-state index in [1.807, 2.05) is 54.8 Å². The molecule has 0 saturated heterocycles. The Kier molecular flexibility index (Phi) is 6.11. The fourth-order valence-corrected chi connectivity index (χ4v) is 4.98. The van der Waals surface area contributed by atoms with Crippen molar-refractivity contribution in [2.75, 3.05) is 11.2 Å². The number of carbonyl (C=O) groups is 1. The molecule has 0 saturated carbocycles. The summed E-state index contributed by atoms with van der Waals surface area (Å²) in [7, 11) is 0. The molecule has 1 aromatic heterocycles. The minimum absolute atomic E-state index is 0.230. The van der Waals surface area contributed by atoms with Gasteiger partial charge in [-0.2, -0.15) is 0 Å². The first kappa shape index (κ1) is 20.2. The van der Waals surface area contributed by atoms with Gasteiger partial charge in [-0.25, -0.2) is 4.98 Å². The minimum atomic E-state index is -0.230. The van der Waals surface area contributed by atoms with Gasteiger partial charge in [-0.1, -0.05) is 70.9 Å². The van der Waals surface area contributed by atoms with Crippen LogP contribution in [-0.4, -0.2) is 17.1 Å². The predicted molar refractivity (Wildman–Crippen MR) is 125 cm³/mol. The van der Waals surface area contributed by atoms with Crippen molar-refractivity contribution >= 4 is 67.6 Å². The van der Waals surface area contributed by atoms with Crippen LogP contribution in [0.2, 0.25) is 10.0 Å². The number of hydrogen-bond donors (Lipinski definition) is 0. The number of thiazole rings is 1.